The molecule has 0 aliphatic heterocycles. The molecule has 1 aromatic heterocycles. The Bertz CT molecular complexity index is 1620. The normalized spacial score (nSPS) is 12.5. The number of nitrogens with zero attached hydrogens (tertiary/aromatic N) is 2. The van der Waals surface area contributed by atoms with Crippen LogP contribution in [-0.2, 0) is 16.0 Å². The molecule has 0 bridgehead atoms. The van der Waals surface area contributed by atoms with Gasteiger partial charge in [-0.2, -0.15) is 5.10 Å². The van der Waals surface area contributed by atoms with E-state index >= 15 is 0 Å². The van der Waals surface area contributed by atoms with E-state index in [0.29, 0.717) is 27.7 Å². The van der Waals surface area contributed by atoms with Gasteiger partial charge < -0.3 is 14.5 Å². The van der Waals surface area contributed by atoms with Crippen LogP contribution >= 0.6 is 23.2 Å². The molecule has 4 rings (SSSR count). The molecule has 0 saturated carbocycles. The number of nitro groups is 1. The van der Waals surface area contributed by atoms with Crippen LogP contribution in [0, 0.1) is 17.0 Å². The van der Waals surface area contributed by atoms with Gasteiger partial charge in [0.2, 0.25) is 0 Å². The second kappa shape index (κ2) is 13.8. The number of carbonyl (C=O) groups is 2. The Labute approximate surface area is 251 Å². The Morgan fingerprint density at radius 3 is 2.50 bits per heavy atom. The minimum atomic E-state index is -0.973. The Morgan fingerprint density at radius 2 is 1.81 bits per heavy atom. The number of nitrogens with one attached hydrogen (secondary N) is 2. The Kier molecular flexibility index (Phi) is 9.95. The van der Waals surface area contributed by atoms with Crippen molar-refractivity contribution in [1.82, 2.24) is 10.7 Å². The predicted molar refractivity (Wildman–Crippen MR) is 160 cm³/mol. The van der Waals surface area contributed by atoms with Crippen LogP contribution in [0.3, 0.4) is 0 Å². The molecule has 0 spiro atoms. The van der Waals surface area contributed by atoms with Crippen LogP contribution in [0.15, 0.2) is 88.4 Å². The van der Waals surface area contributed by atoms with Gasteiger partial charge in [0.15, 0.2) is 6.10 Å². The highest BCUT2D eigenvalue weighted by molar-refractivity contribution is 6.35. The van der Waals surface area contributed by atoms with Gasteiger partial charge in [-0.3, -0.25) is 19.7 Å². The van der Waals surface area contributed by atoms with E-state index in [0.717, 1.165) is 5.56 Å². The summed E-state index contributed by atoms with van der Waals surface area (Å²) in [4.78, 5) is 36.6. The number of hydrogen-bond donors (Lipinski definition) is 2. The maximum absolute atomic E-state index is 13.1. The zero-order chi connectivity index (χ0) is 30.2. The predicted octanol–water partition coefficient (Wildman–Crippen LogP) is 6.12. The summed E-state index contributed by atoms with van der Waals surface area (Å²) < 4.78 is 11.5. The van der Waals surface area contributed by atoms with E-state index in [1.165, 1.54) is 31.3 Å². The van der Waals surface area contributed by atoms with E-state index in [4.69, 9.17) is 32.4 Å². The largest absolute Gasteiger partial charge is 0.479 e. The van der Waals surface area contributed by atoms with Gasteiger partial charge in [0.1, 0.15) is 23.3 Å². The van der Waals surface area contributed by atoms with E-state index < -0.39 is 28.9 Å². The number of aryl methyl sites for hydroxylation is 1. The van der Waals surface area contributed by atoms with Crippen LogP contribution in [0.1, 0.15) is 23.8 Å². The number of nitro benzene ring substituents is 1. The number of non-ortho nitro benzene ring substituents is 1. The molecule has 2 N–H and O–H groups in total. The zero-order valence-electron chi connectivity index (χ0n) is 22.5. The first kappa shape index (κ1) is 30.3. The minimum absolute atomic E-state index is 0.0146. The summed E-state index contributed by atoms with van der Waals surface area (Å²) in [7, 11) is 0. The van der Waals surface area contributed by atoms with Gasteiger partial charge in [-0.15, -0.1) is 0 Å². The van der Waals surface area contributed by atoms with Crippen molar-refractivity contribution < 1.29 is 23.7 Å². The monoisotopic (exact) mass is 608 g/mol. The van der Waals surface area contributed by atoms with Gasteiger partial charge >= 0.3 is 0 Å². The lowest BCUT2D eigenvalue weighted by Gasteiger charge is -2.21. The molecule has 3 aromatic carbocycles. The van der Waals surface area contributed by atoms with Gasteiger partial charge in [-0.25, -0.2) is 5.43 Å². The van der Waals surface area contributed by atoms with Crippen molar-refractivity contribution in [3.05, 3.63) is 116 Å². The number of amides is 2. The van der Waals surface area contributed by atoms with Crippen LogP contribution in [0.2, 0.25) is 10.0 Å². The third kappa shape index (κ3) is 7.96. The fraction of sp³-hybridized carbons (Fsp3) is 0.167. The Morgan fingerprint density at radius 1 is 1.05 bits per heavy atom. The van der Waals surface area contributed by atoms with Crippen molar-refractivity contribution in [2.45, 2.75) is 32.4 Å². The highest BCUT2D eigenvalue weighted by Gasteiger charge is 2.25. The van der Waals surface area contributed by atoms with E-state index in [1.807, 2.05) is 30.3 Å². The molecule has 10 nitrogen and oxygen atoms in total. The average Bonchev–Trinajstić information content (AvgIpc) is 3.43. The standard InChI is InChI=1S/C30H26Cl2N4O6/c1-18-14-22(36(39)40)9-11-24(18)27-13-10-23(42-27)17-33-35-30(38)26(15-20-6-4-3-5-7-20)34-29(37)19(2)41-28-12-8-21(31)16-25(28)32/h3-14,16-17,19,26H,15H2,1-2H3,(H,34,37)(H,35,38)/b33-17-/t19-,26-/m0/s1. The number of ether oxygens (including phenoxy) is 1. The van der Waals surface area contributed by atoms with Gasteiger partial charge in [0, 0.05) is 29.1 Å². The van der Waals surface area contributed by atoms with Crippen molar-refractivity contribution in [1.29, 1.82) is 0 Å². The molecule has 2 amide bonds. The van der Waals surface area contributed by atoms with Crippen molar-refractivity contribution in [2.24, 2.45) is 5.10 Å². The summed E-state index contributed by atoms with van der Waals surface area (Å²) in [5.74, 6) is 0.0141. The molecule has 4 aromatic rings. The second-order valence-corrected chi connectivity index (χ2v) is 10.1. The number of benzene rings is 3. The Balaban J connectivity index is 1.43. The van der Waals surface area contributed by atoms with Crippen molar-refractivity contribution in [3.8, 4) is 17.1 Å². The summed E-state index contributed by atoms with van der Waals surface area (Å²) in [6.07, 6.45) is 0.549. The zero-order valence-corrected chi connectivity index (χ0v) is 24.1. The van der Waals surface area contributed by atoms with Crippen LogP contribution in [-0.4, -0.2) is 35.1 Å². The van der Waals surface area contributed by atoms with E-state index in [9.17, 15) is 19.7 Å². The number of furan rings is 1. The average molecular weight is 609 g/mol. The van der Waals surface area contributed by atoms with Gasteiger partial charge in [-0.1, -0.05) is 53.5 Å². The quantitative estimate of drug-likeness (QED) is 0.120. The lowest BCUT2D eigenvalue weighted by Crippen LogP contribution is -2.50. The van der Waals surface area contributed by atoms with E-state index in [2.05, 4.69) is 15.8 Å². The molecule has 12 heteroatoms. The number of halogens is 2. The van der Waals surface area contributed by atoms with Crippen molar-refractivity contribution in [3.63, 3.8) is 0 Å². The molecular formula is C30H26Cl2N4O6. The fourth-order valence-electron chi connectivity index (χ4n) is 4.01. The second-order valence-electron chi connectivity index (χ2n) is 9.28. The first-order valence-electron chi connectivity index (χ1n) is 12.7. The first-order chi connectivity index (χ1) is 20.1. The van der Waals surface area contributed by atoms with Crippen molar-refractivity contribution >= 4 is 46.9 Å². The topological polar surface area (TPSA) is 136 Å². The number of rotatable bonds is 11. The van der Waals surface area contributed by atoms with Crippen LogP contribution in [0.5, 0.6) is 5.75 Å². The summed E-state index contributed by atoms with van der Waals surface area (Å²) in [6, 6.07) is 20.7. The molecule has 0 aliphatic rings. The van der Waals surface area contributed by atoms with Gasteiger partial charge in [0.05, 0.1) is 16.2 Å². The third-order valence-electron chi connectivity index (χ3n) is 6.16. The lowest BCUT2D eigenvalue weighted by molar-refractivity contribution is -0.384. The number of hydrogen-bond acceptors (Lipinski definition) is 7. The first-order valence-corrected chi connectivity index (χ1v) is 13.5. The van der Waals surface area contributed by atoms with Crippen molar-refractivity contribution in [2.75, 3.05) is 0 Å². The lowest BCUT2D eigenvalue weighted by atomic mass is 10.1. The fourth-order valence-corrected chi connectivity index (χ4v) is 4.46. The summed E-state index contributed by atoms with van der Waals surface area (Å²) in [5, 5.41) is 18.4. The molecule has 0 radical (unpaired) electrons. The number of carbonyl (C=O) groups excluding carboxylic acids is 2. The van der Waals surface area contributed by atoms with Crippen LogP contribution in [0.25, 0.3) is 11.3 Å². The molecule has 0 unspecified atom stereocenters. The number of hydrazone groups is 1. The molecule has 216 valence electrons. The van der Waals surface area contributed by atoms with Crippen LogP contribution < -0.4 is 15.5 Å². The summed E-state index contributed by atoms with van der Waals surface area (Å²) in [6.45, 7) is 3.28. The van der Waals surface area contributed by atoms with Gasteiger partial charge in [-0.05, 0) is 61.4 Å². The smallest absolute Gasteiger partial charge is 0.269 e. The maximum Gasteiger partial charge on any atom is 0.269 e. The molecule has 2 atom stereocenters. The van der Waals surface area contributed by atoms with E-state index in [1.54, 1.807) is 37.3 Å². The molecule has 42 heavy (non-hydrogen) atoms. The third-order valence-corrected chi connectivity index (χ3v) is 6.69. The van der Waals surface area contributed by atoms with Crippen LogP contribution in [0.4, 0.5) is 5.69 Å². The SMILES string of the molecule is Cc1cc([N+](=O)[O-])ccc1-c1ccc(/C=N\NC(=O)[C@H](Cc2ccccc2)NC(=O)[C@H](C)Oc2ccc(Cl)cc2Cl)o1. The molecular weight excluding hydrogens is 583 g/mol. The summed E-state index contributed by atoms with van der Waals surface area (Å²) in [5.41, 5.74) is 4.61. The molecule has 0 fully saturated rings. The van der Waals surface area contributed by atoms with Gasteiger partial charge in [0.25, 0.3) is 17.5 Å². The molecule has 0 saturated heterocycles. The maximum atomic E-state index is 13.1. The Hall–Kier alpha value is -4.67. The molecule has 1 heterocycles. The minimum Gasteiger partial charge on any atom is -0.479 e. The van der Waals surface area contributed by atoms with E-state index in [-0.39, 0.29) is 22.9 Å². The summed E-state index contributed by atoms with van der Waals surface area (Å²) >= 11 is 12.1. The molecule has 0 aliphatic carbocycles. The highest BCUT2D eigenvalue weighted by atomic mass is 35.5. The highest BCUT2D eigenvalue weighted by Crippen LogP contribution is 2.29.